The van der Waals surface area contributed by atoms with Crippen LogP contribution in [0.4, 0.5) is 0 Å². The molecule has 8 heteroatoms. The van der Waals surface area contributed by atoms with Gasteiger partial charge in [0.25, 0.3) is 5.56 Å². The van der Waals surface area contributed by atoms with Gasteiger partial charge in [-0.25, -0.2) is 4.79 Å². The lowest BCUT2D eigenvalue weighted by Crippen LogP contribution is -2.32. The Labute approximate surface area is 141 Å². The maximum atomic E-state index is 11.9. The van der Waals surface area contributed by atoms with E-state index in [-0.39, 0.29) is 10.9 Å². The van der Waals surface area contributed by atoms with Crippen molar-refractivity contribution in [3.63, 3.8) is 0 Å². The number of aryl methyl sites for hydroxylation is 3. The molecule has 7 nitrogen and oxygen atoms in total. The summed E-state index contributed by atoms with van der Waals surface area (Å²) in [4.78, 5) is 23.7. The van der Waals surface area contributed by atoms with E-state index >= 15 is 0 Å². The molecule has 3 aromatic rings. The molecular formula is C16H16N4O3S. The molecule has 0 fully saturated rings. The van der Waals surface area contributed by atoms with Gasteiger partial charge in [0.2, 0.25) is 5.16 Å². The third-order valence-corrected chi connectivity index (χ3v) is 4.89. The Morgan fingerprint density at radius 2 is 1.96 bits per heavy atom. The van der Waals surface area contributed by atoms with E-state index < -0.39 is 11.2 Å². The van der Waals surface area contributed by atoms with Crippen LogP contribution < -0.4 is 17.0 Å². The van der Waals surface area contributed by atoms with Gasteiger partial charge in [0.1, 0.15) is 11.3 Å². The third-order valence-electron chi connectivity index (χ3n) is 3.89. The minimum Gasteiger partial charge on any atom is -0.422 e. The molecule has 0 aliphatic rings. The number of benzene rings is 1. The van der Waals surface area contributed by atoms with Gasteiger partial charge in [0.15, 0.2) is 0 Å². The summed E-state index contributed by atoms with van der Waals surface area (Å²) in [7, 11) is 0. The van der Waals surface area contributed by atoms with Gasteiger partial charge in [0, 0.05) is 17.2 Å². The molecule has 0 atom stereocenters. The largest absolute Gasteiger partial charge is 0.422 e. The van der Waals surface area contributed by atoms with Crippen molar-refractivity contribution in [3.8, 4) is 0 Å². The summed E-state index contributed by atoms with van der Waals surface area (Å²) in [6.45, 7) is 5.43. The number of rotatable bonds is 3. The van der Waals surface area contributed by atoms with Crippen molar-refractivity contribution < 1.29 is 4.42 Å². The second kappa shape index (κ2) is 6.12. The van der Waals surface area contributed by atoms with Crippen LogP contribution in [-0.4, -0.2) is 14.9 Å². The molecule has 0 saturated heterocycles. The zero-order valence-corrected chi connectivity index (χ0v) is 14.3. The molecule has 0 amide bonds. The van der Waals surface area contributed by atoms with Crippen LogP contribution in [0, 0.1) is 20.8 Å². The fraction of sp³-hybridized carbons (Fsp3) is 0.250. The number of nitrogens with two attached hydrogens (primary N) is 1. The lowest BCUT2D eigenvalue weighted by atomic mass is 10.0. The van der Waals surface area contributed by atoms with E-state index in [0.29, 0.717) is 11.3 Å². The lowest BCUT2D eigenvalue weighted by Gasteiger charge is -2.09. The van der Waals surface area contributed by atoms with Gasteiger partial charge in [-0.15, -0.1) is 10.2 Å². The molecular weight excluding hydrogens is 328 g/mol. The van der Waals surface area contributed by atoms with E-state index in [0.717, 1.165) is 26.8 Å². The lowest BCUT2D eigenvalue weighted by molar-refractivity contribution is 0.557. The summed E-state index contributed by atoms with van der Waals surface area (Å²) >= 11 is 1.24. The van der Waals surface area contributed by atoms with Gasteiger partial charge >= 0.3 is 5.63 Å². The molecule has 0 saturated carbocycles. The Balaban J connectivity index is 2.02. The van der Waals surface area contributed by atoms with Crippen LogP contribution in [0.2, 0.25) is 0 Å². The summed E-state index contributed by atoms with van der Waals surface area (Å²) in [5.41, 5.74) is 2.79. The first-order chi connectivity index (χ1) is 11.4. The minimum atomic E-state index is -0.410. The number of hydrogen-bond acceptors (Lipinski definition) is 7. The molecule has 0 bridgehead atoms. The molecule has 0 radical (unpaired) electrons. The zero-order valence-electron chi connectivity index (χ0n) is 13.5. The fourth-order valence-corrected chi connectivity index (χ4v) is 3.20. The predicted octanol–water partition coefficient (Wildman–Crippen LogP) is 1.68. The van der Waals surface area contributed by atoms with Crippen molar-refractivity contribution in [3.05, 3.63) is 61.4 Å². The predicted molar refractivity (Wildman–Crippen MR) is 92.7 cm³/mol. The Morgan fingerprint density at radius 3 is 2.71 bits per heavy atom. The van der Waals surface area contributed by atoms with E-state index in [1.807, 2.05) is 26.0 Å². The quantitative estimate of drug-likeness (QED) is 0.438. The van der Waals surface area contributed by atoms with E-state index in [9.17, 15) is 9.59 Å². The molecule has 0 aliphatic carbocycles. The monoisotopic (exact) mass is 344 g/mol. The Kier molecular flexibility index (Phi) is 4.15. The van der Waals surface area contributed by atoms with Crippen molar-refractivity contribution >= 4 is 22.7 Å². The van der Waals surface area contributed by atoms with Gasteiger partial charge in [0.05, 0.1) is 0 Å². The molecule has 2 heterocycles. The molecule has 0 unspecified atom stereocenters. The highest BCUT2D eigenvalue weighted by molar-refractivity contribution is 7.98. The molecule has 1 aromatic carbocycles. The number of nitrogens with zero attached hydrogens (tertiary/aromatic N) is 3. The number of aromatic nitrogens is 3. The summed E-state index contributed by atoms with van der Waals surface area (Å²) in [5, 5.41) is 8.88. The minimum absolute atomic E-state index is 0.235. The van der Waals surface area contributed by atoms with Crippen molar-refractivity contribution in [2.45, 2.75) is 31.7 Å². The average Bonchev–Trinajstić information content (AvgIpc) is 2.55. The van der Waals surface area contributed by atoms with Gasteiger partial charge in [-0.3, -0.25) is 4.79 Å². The third kappa shape index (κ3) is 2.80. The van der Waals surface area contributed by atoms with Crippen molar-refractivity contribution in [2.24, 2.45) is 0 Å². The highest BCUT2D eigenvalue weighted by Gasteiger charge is 2.12. The summed E-state index contributed by atoms with van der Waals surface area (Å²) in [5.74, 6) is 6.15. The van der Waals surface area contributed by atoms with Gasteiger partial charge in [-0.2, -0.15) is 4.68 Å². The standard InChI is InChI=1S/C16H16N4O3S/c1-8-4-5-12-11(6-13(21)23-14(12)9(8)2)7-24-16-19-18-10(3)15(22)20(16)17/h4-6H,7,17H2,1-3H3. The maximum absolute atomic E-state index is 11.9. The Morgan fingerprint density at radius 1 is 1.21 bits per heavy atom. The van der Waals surface area contributed by atoms with Crippen LogP contribution in [0.3, 0.4) is 0 Å². The highest BCUT2D eigenvalue weighted by atomic mass is 32.2. The summed E-state index contributed by atoms with van der Waals surface area (Å²) < 4.78 is 6.32. The van der Waals surface area contributed by atoms with Crippen LogP contribution in [0.5, 0.6) is 0 Å². The highest BCUT2D eigenvalue weighted by Crippen LogP contribution is 2.27. The second-order valence-corrected chi connectivity index (χ2v) is 6.45. The SMILES string of the molecule is Cc1ccc2c(CSc3nnc(C)c(=O)n3N)cc(=O)oc2c1C. The average molecular weight is 344 g/mol. The maximum Gasteiger partial charge on any atom is 0.336 e. The van der Waals surface area contributed by atoms with Crippen LogP contribution in [-0.2, 0) is 5.75 Å². The Bertz CT molecular complexity index is 1060. The molecule has 24 heavy (non-hydrogen) atoms. The fourth-order valence-electron chi connectivity index (χ4n) is 2.35. The van der Waals surface area contributed by atoms with Crippen molar-refractivity contribution in [2.75, 3.05) is 5.84 Å². The topological polar surface area (TPSA) is 104 Å². The van der Waals surface area contributed by atoms with Gasteiger partial charge < -0.3 is 10.3 Å². The van der Waals surface area contributed by atoms with Gasteiger partial charge in [-0.05, 0) is 37.5 Å². The van der Waals surface area contributed by atoms with E-state index in [4.69, 9.17) is 10.3 Å². The molecule has 2 aromatic heterocycles. The normalized spacial score (nSPS) is 11.1. The molecule has 0 aliphatic heterocycles. The Hall–Kier alpha value is -2.61. The van der Waals surface area contributed by atoms with Gasteiger partial charge in [-0.1, -0.05) is 23.9 Å². The molecule has 124 valence electrons. The zero-order chi connectivity index (χ0) is 17.4. The van der Waals surface area contributed by atoms with Crippen LogP contribution in [0.1, 0.15) is 22.4 Å². The number of thioether (sulfide) groups is 1. The summed E-state index contributed by atoms with van der Waals surface area (Å²) in [6, 6.07) is 5.36. The van der Waals surface area contributed by atoms with Crippen LogP contribution in [0.25, 0.3) is 11.0 Å². The van der Waals surface area contributed by atoms with E-state index in [2.05, 4.69) is 10.2 Å². The van der Waals surface area contributed by atoms with Crippen molar-refractivity contribution in [1.29, 1.82) is 0 Å². The van der Waals surface area contributed by atoms with E-state index in [1.54, 1.807) is 6.92 Å². The first kappa shape index (κ1) is 16.3. The summed E-state index contributed by atoms with van der Waals surface area (Å²) in [6.07, 6.45) is 0. The molecule has 3 rings (SSSR count). The van der Waals surface area contributed by atoms with Crippen LogP contribution in [0.15, 0.2) is 37.4 Å². The molecule has 0 spiro atoms. The van der Waals surface area contributed by atoms with Crippen LogP contribution >= 0.6 is 11.8 Å². The first-order valence-electron chi connectivity index (χ1n) is 7.25. The second-order valence-electron chi connectivity index (χ2n) is 5.51. The van der Waals surface area contributed by atoms with Crippen molar-refractivity contribution in [1.82, 2.24) is 14.9 Å². The first-order valence-corrected chi connectivity index (χ1v) is 8.24. The smallest absolute Gasteiger partial charge is 0.336 e. The molecule has 2 N–H and O–H groups in total. The number of hydrogen-bond donors (Lipinski definition) is 1. The number of nitrogen functional groups attached to an aromatic ring is 1. The number of fused-ring (bicyclic) bond motifs is 1. The van der Waals surface area contributed by atoms with E-state index in [1.165, 1.54) is 17.8 Å².